The van der Waals surface area contributed by atoms with Crippen molar-refractivity contribution in [3.8, 4) is 0 Å². The van der Waals surface area contributed by atoms with E-state index in [4.69, 9.17) is 21.4 Å². The average Bonchev–Trinajstić information content (AvgIpc) is 3.56. The lowest BCUT2D eigenvalue weighted by Crippen LogP contribution is -2.49. The normalized spacial score (nSPS) is 18.4. The van der Waals surface area contributed by atoms with Crippen molar-refractivity contribution in [2.24, 2.45) is 5.10 Å². The maximum atomic E-state index is 13.6. The molecular weight excluding hydrogens is 486 g/mol. The van der Waals surface area contributed by atoms with Gasteiger partial charge in [-0.15, -0.1) is 11.3 Å². The van der Waals surface area contributed by atoms with Gasteiger partial charge in [-0.2, -0.15) is 5.10 Å². The Balaban J connectivity index is 1.52. The molecule has 10 heteroatoms. The molecule has 0 aliphatic carbocycles. The number of ether oxygens (including phenoxy) is 1. The molecule has 0 spiro atoms. The van der Waals surface area contributed by atoms with Gasteiger partial charge in [0, 0.05) is 44.2 Å². The van der Waals surface area contributed by atoms with Crippen molar-refractivity contribution in [1.82, 2.24) is 20.1 Å². The van der Waals surface area contributed by atoms with Crippen LogP contribution in [0.25, 0.3) is 0 Å². The minimum atomic E-state index is -0.312. The summed E-state index contributed by atoms with van der Waals surface area (Å²) in [5, 5.41) is 11.8. The lowest BCUT2D eigenvalue weighted by molar-refractivity contribution is -0.133. The predicted octanol–water partition coefficient (Wildman–Crippen LogP) is 3.83. The summed E-state index contributed by atoms with van der Waals surface area (Å²) in [6.07, 6.45) is 1.40. The van der Waals surface area contributed by atoms with Gasteiger partial charge in [-0.3, -0.25) is 9.69 Å². The van der Waals surface area contributed by atoms with Crippen molar-refractivity contribution in [2.45, 2.75) is 25.8 Å². The Labute approximate surface area is 215 Å². The van der Waals surface area contributed by atoms with Crippen molar-refractivity contribution >= 4 is 40.6 Å². The van der Waals surface area contributed by atoms with Crippen molar-refractivity contribution in [3.05, 3.63) is 57.2 Å². The Kier molecular flexibility index (Phi) is 9.14. The summed E-state index contributed by atoms with van der Waals surface area (Å²) in [5.74, 6) is -0.227. The maximum Gasteiger partial charge on any atom is 0.317 e. The minimum Gasteiger partial charge on any atom is -0.379 e. The largest absolute Gasteiger partial charge is 0.379 e. The number of carbonyl (C=O) groups excluding carboxylic acids is 2. The molecule has 1 N–H and O–H groups in total. The fourth-order valence-corrected chi connectivity index (χ4v) is 5.22. The van der Waals surface area contributed by atoms with E-state index in [1.165, 1.54) is 5.01 Å². The first-order valence-electron chi connectivity index (χ1n) is 12.1. The molecule has 3 amide bonds. The zero-order valence-corrected chi connectivity index (χ0v) is 21.6. The molecule has 2 aromatic rings. The highest BCUT2D eigenvalue weighted by Crippen LogP contribution is 2.37. The summed E-state index contributed by atoms with van der Waals surface area (Å²) < 4.78 is 5.42. The minimum absolute atomic E-state index is 0.0535. The maximum absolute atomic E-state index is 13.6. The summed E-state index contributed by atoms with van der Waals surface area (Å²) in [4.78, 5) is 31.4. The molecule has 0 radical (unpaired) electrons. The smallest absolute Gasteiger partial charge is 0.317 e. The molecule has 1 aromatic carbocycles. The first-order chi connectivity index (χ1) is 17.1. The summed E-state index contributed by atoms with van der Waals surface area (Å²) >= 11 is 8.11. The van der Waals surface area contributed by atoms with Crippen LogP contribution < -0.4 is 5.32 Å². The molecule has 1 atom stereocenters. The number of hydrogen-bond acceptors (Lipinski definition) is 6. The van der Waals surface area contributed by atoms with Gasteiger partial charge in [0.15, 0.2) is 0 Å². The lowest BCUT2D eigenvalue weighted by atomic mass is 10.0. The Morgan fingerprint density at radius 3 is 2.74 bits per heavy atom. The Bertz CT molecular complexity index is 1030. The van der Waals surface area contributed by atoms with Crippen LogP contribution >= 0.6 is 22.9 Å². The molecule has 35 heavy (non-hydrogen) atoms. The second-order valence-electron chi connectivity index (χ2n) is 8.61. The van der Waals surface area contributed by atoms with Crippen LogP contribution in [0.1, 0.15) is 36.2 Å². The van der Waals surface area contributed by atoms with Crippen LogP contribution in [0.15, 0.2) is 46.9 Å². The molecule has 2 aliphatic rings. The van der Waals surface area contributed by atoms with Gasteiger partial charge in [0.2, 0.25) is 0 Å². The third kappa shape index (κ3) is 6.61. The van der Waals surface area contributed by atoms with Crippen molar-refractivity contribution in [3.63, 3.8) is 0 Å². The number of nitrogens with zero attached hydrogens (tertiary/aromatic N) is 4. The Morgan fingerprint density at radius 1 is 1.23 bits per heavy atom. The summed E-state index contributed by atoms with van der Waals surface area (Å²) in [5.41, 5.74) is 1.71. The molecule has 188 valence electrons. The van der Waals surface area contributed by atoms with Gasteiger partial charge < -0.3 is 15.0 Å². The van der Waals surface area contributed by atoms with Crippen molar-refractivity contribution in [2.75, 3.05) is 52.5 Å². The zero-order valence-electron chi connectivity index (χ0n) is 20.0. The van der Waals surface area contributed by atoms with E-state index < -0.39 is 0 Å². The number of rotatable bonds is 9. The highest BCUT2D eigenvalue weighted by atomic mass is 35.5. The predicted molar refractivity (Wildman–Crippen MR) is 139 cm³/mol. The number of nitrogens with one attached hydrogen (secondary N) is 1. The third-order valence-corrected chi connectivity index (χ3v) is 7.43. The molecule has 0 unspecified atom stereocenters. The number of thiophene rings is 1. The summed E-state index contributed by atoms with van der Waals surface area (Å²) in [6, 6.07) is 11.0. The van der Waals surface area contributed by atoms with Crippen LogP contribution in [-0.4, -0.2) is 84.9 Å². The van der Waals surface area contributed by atoms with Gasteiger partial charge >= 0.3 is 6.03 Å². The number of amides is 3. The van der Waals surface area contributed by atoms with Gasteiger partial charge in [0.25, 0.3) is 5.91 Å². The number of urea groups is 1. The van der Waals surface area contributed by atoms with Crippen molar-refractivity contribution < 1.29 is 14.3 Å². The SMILES string of the molecule is CCCNC(=O)N(CCN1CCOCC1)CC(=O)N1N=C(c2cccs2)C[C@@H]1c1ccccc1Cl. The first-order valence-corrected chi connectivity index (χ1v) is 13.3. The van der Waals surface area contributed by atoms with Crippen LogP contribution in [0.4, 0.5) is 4.79 Å². The molecule has 1 aromatic heterocycles. The molecule has 0 bridgehead atoms. The number of halogens is 1. The molecule has 3 heterocycles. The second kappa shape index (κ2) is 12.5. The molecule has 8 nitrogen and oxygen atoms in total. The molecular formula is C25H32ClN5O3S. The van der Waals surface area contributed by atoms with E-state index >= 15 is 0 Å². The Morgan fingerprint density at radius 2 is 2.03 bits per heavy atom. The van der Waals surface area contributed by atoms with Crippen LogP contribution in [0.5, 0.6) is 0 Å². The third-order valence-electron chi connectivity index (χ3n) is 6.17. The topological polar surface area (TPSA) is 77.5 Å². The van der Waals surface area contributed by atoms with E-state index in [0.29, 0.717) is 44.3 Å². The number of hydrogen-bond donors (Lipinski definition) is 1. The van der Waals surface area contributed by atoms with Gasteiger partial charge in [-0.05, 0) is 29.5 Å². The molecule has 1 fully saturated rings. The van der Waals surface area contributed by atoms with Gasteiger partial charge in [0.05, 0.1) is 29.8 Å². The quantitative estimate of drug-likeness (QED) is 0.548. The number of hydrazone groups is 1. The van der Waals surface area contributed by atoms with Gasteiger partial charge in [0.1, 0.15) is 6.54 Å². The fourth-order valence-electron chi connectivity index (χ4n) is 4.24. The van der Waals surface area contributed by atoms with Gasteiger partial charge in [-0.1, -0.05) is 42.8 Å². The van der Waals surface area contributed by atoms with E-state index in [0.717, 1.165) is 35.7 Å². The van der Waals surface area contributed by atoms with Crippen LogP contribution in [-0.2, 0) is 9.53 Å². The van der Waals surface area contributed by atoms with Crippen LogP contribution in [0.2, 0.25) is 5.02 Å². The standard InChI is InChI=1S/C25H32ClN5O3S/c1-2-9-27-25(33)30(11-10-29-12-14-34-15-13-29)18-24(32)31-22(19-6-3-4-7-20(19)26)17-21(28-31)23-8-5-16-35-23/h3-8,16,22H,2,9-15,17-18H2,1H3,(H,27,33)/t22-/m1/s1. The summed E-state index contributed by atoms with van der Waals surface area (Å²) in [7, 11) is 0. The fraction of sp³-hybridized carbons (Fsp3) is 0.480. The van der Waals surface area contributed by atoms with E-state index in [1.54, 1.807) is 16.2 Å². The molecule has 0 saturated carbocycles. The monoisotopic (exact) mass is 517 g/mol. The van der Waals surface area contributed by atoms with E-state index in [2.05, 4.69) is 10.2 Å². The van der Waals surface area contributed by atoms with E-state index in [-0.39, 0.29) is 24.5 Å². The van der Waals surface area contributed by atoms with E-state index in [9.17, 15) is 9.59 Å². The number of benzene rings is 1. The van der Waals surface area contributed by atoms with Crippen LogP contribution in [0.3, 0.4) is 0 Å². The highest BCUT2D eigenvalue weighted by molar-refractivity contribution is 7.12. The molecule has 1 saturated heterocycles. The number of morpholine rings is 1. The first kappa shape index (κ1) is 25.6. The van der Waals surface area contributed by atoms with E-state index in [1.807, 2.05) is 48.7 Å². The zero-order chi connectivity index (χ0) is 24.6. The Hall–Kier alpha value is -2.46. The highest BCUT2D eigenvalue weighted by Gasteiger charge is 2.35. The second-order valence-corrected chi connectivity index (χ2v) is 9.97. The summed E-state index contributed by atoms with van der Waals surface area (Å²) in [6.45, 7) is 6.68. The van der Waals surface area contributed by atoms with Crippen molar-refractivity contribution in [1.29, 1.82) is 0 Å². The molecule has 4 rings (SSSR count). The van der Waals surface area contributed by atoms with Gasteiger partial charge in [-0.25, -0.2) is 9.80 Å². The number of carbonyl (C=O) groups is 2. The average molecular weight is 518 g/mol. The van der Waals surface area contributed by atoms with Crippen LogP contribution in [0, 0.1) is 0 Å². The lowest BCUT2D eigenvalue weighted by Gasteiger charge is -2.31. The molecule has 2 aliphatic heterocycles.